The van der Waals surface area contributed by atoms with E-state index < -0.39 is 0 Å². The van der Waals surface area contributed by atoms with Crippen molar-refractivity contribution in [3.8, 4) is 22.7 Å². The SMILES string of the molecule is Cc1onc(-c2ccccc2)c1-c1nnc(CN(C)CC(=O)NC(C)C)o1. The number of carbonyl (C=O) groups is 1. The van der Waals surface area contributed by atoms with Gasteiger partial charge in [-0.1, -0.05) is 35.5 Å². The quantitative estimate of drug-likeness (QED) is 0.684. The summed E-state index contributed by atoms with van der Waals surface area (Å²) in [5.41, 5.74) is 2.25. The Kier molecular flexibility index (Phi) is 5.66. The molecular formula is C19H23N5O3. The normalized spacial score (nSPS) is 11.3. The number of benzene rings is 1. The third kappa shape index (κ3) is 4.59. The van der Waals surface area contributed by atoms with Crippen molar-refractivity contribution in [3.63, 3.8) is 0 Å². The molecule has 0 unspecified atom stereocenters. The smallest absolute Gasteiger partial charge is 0.253 e. The molecule has 8 heteroatoms. The van der Waals surface area contributed by atoms with E-state index in [1.54, 1.807) is 6.92 Å². The minimum absolute atomic E-state index is 0.0477. The van der Waals surface area contributed by atoms with Crippen molar-refractivity contribution in [1.82, 2.24) is 25.6 Å². The summed E-state index contributed by atoms with van der Waals surface area (Å²) in [5, 5.41) is 15.2. The molecule has 1 amide bonds. The molecule has 8 nitrogen and oxygen atoms in total. The zero-order valence-corrected chi connectivity index (χ0v) is 15.9. The van der Waals surface area contributed by atoms with Crippen molar-refractivity contribution in [1.29, 1.82) is 0 Å². The molecule has 0 aliphatic rings. The number of carbonyl (C=O) groups excluding carboxylic acids is 1. The zero-order chi connectivity index (χ0) is 19.4. The minimum atomic E-state index is -0.0477. The molecule has 0 aliphatic carbocycles. The highest BCUT2D eigenvalue weighted by Crippen LogP contribution is 2.33. The highest BCUT2D eigenvalue weighted by molar-refractivity contribution is 5.78. The Labute approximate surface area is 157 Å². The molecule has 3 aromatic rings. The Morgan fingerprint density at radius 3 is 2.67 bits per heavy atom. The predicted octanol–water partition coefficient (Wildman–Crippen LogP) is 2.66. The lowest BCUT2D eigenvalue weighted by Crippen LogP contribution is -2.38. The van der Waals surface area contributed by atoms with Gasteiger partial charge in [0.05, 0.1) is 13.1 Å². The fraction of sp³-hybridized carbons (Fsp3) is 0.368. The molecule has 0 radical (unpaired) electrons. The number of amides is 1. The monoisotopic (exact) mass is 369 g/mol. The molecule has 1 aromatic carbocycles. The Morgan fingerprint density at radius 1 is 1.22 bits per heavy atom. The summed E-state index contributed by atoms with van der Waals surface area (Å²) in [4.78, 5) is 13.7. The molecule has 0 bridgehead atoms. The zero-order valence-electron chi connectivity index (χ0n) is 15.9. The summed E-state index contributed by atoms with van der Waals surface area (Å²) in [6.45, 7) is 6.27. The average Bonchev–Trinajstić information content (AvgIpc) is 3.20. The summed E-state index contributed by atoms with van der Waals surface area (Å²) >= 11 is 0. The van der Waals surface area contributed by atoms with E-state index in [1.807, 2.05) is 56.1 Å². The van der Waals surface area contributed by atoms with Crippen LogP contribution in [-0.4, -0.2) is 45.8 Å². The van der Waals surface area contributed by atoms with Crippen molar-refractivity contribution < 1.29 is 13.7 Å². The first kappa shape index (κ1) is 18.8. The van der Waals surface area contributed by atoms with Gasteiger partial charge in [-0.3, -0.25) is 9.69 Å². The van der Waals surface area contributed by atoms with E-state index in [0.717, 1.165) is 5.56 Å². The van der Waals surface area contributed by atoms with Crippen LogP contribution >= 0.6 is 0 Å². The van der Waals surface area contributed by atoms with E-state index >= 15 is 0 Å². The number of nitrogens with one attached hydrogen (secondary N) is 1. The van der Waals surface area contributed by atoms with Crippen LogP contribution in [0.5, 0.6) is 0 Å². The summed E-state index contributed by atoms with van der Waals surface area (Å²) in [6.07, 6.45) is 0. The first-order chi connectivity index (χ1) is 12.9. The Balaban J connectivity index is 1.75. The van der Waals surface area contributed by atoms with Gasteiger partial charge in [-0.2, -0.15) is 0 Å². The van der Waals surface area contributed by atoms with Crippen LogP contribution in [-0.2, 0) is 11.3 Å². The lowest BCUT2D eigenvalue weighted by atomic mass is 10.1. The molecular weight excluding hydrogens is 346 g/mol. The van der Waals surface area contributed by atoms with Crippen LogP contribution in [0, 0.1) is 6.92 Å². The van der Waals surface area contributed by atoms with Crippen molar-refractivity contribution in [2.75, 3.05) is 13.6 Å². The van der Waals surface area contributed by atoms with Crippen LogP contribution in [0.2, 0.25) is 0 Å². The van der Waals surface area contributed by atoms with E-state index in [9.17, 15) is 4.79 Å². The number of hydrogen-bond acceptors (Lipinski definition) is 7. The van der Waals surface area contributed by atoms with Crippen LogP contribution in [0.15, 0.2) is 39.3 Å². The summed E-state index contributed by atoms with van der Waals surface area (Å²) in [7, 11) is 1.82. The van der Waals surface area contributed by atoms with Gasteiger partial charge in [0, 0.05) is 11.6 Å². The van der Waals surface area contributed by atoms with Gasteiger partial charge in [0.1, 0.15) is 17.0 Å². The fourth-order valence-corrected chi connectivity index (χ4v) is 2.74. The number of rotatable bonds is 7. The predicted molar refractivity (Wildman–Crippen MR) is 99.6 cm³/mol. The van der Waals surface area contributed by atoms with Gasteiger partial charge in [0.25, 0.3) is 5.89 Å². The number of nitrogens with zero attached hydrogens (tertiary/aromatic N) is 4. The third-order valence-electron chi connectivity index (χ3n) is 3.86. The second-order valence-corrected chi connectivity index (χ2v) is 6.72. The van der Waals surface area contributed by atoms with Crippen LogP contribution in [0.25, 0.3) is 22.7 Å². The van der Waals surface area contributed by atoms with E-state index in [2.05, 4.69) is 20.7 Å². The maximum absolute atomic E-state index is 11.9. The molecule has 142 valence electrons. The first-order valence-electron chi connectivity index (χ1n) is 8.76. The van der Waals surface area contributed by atoms with Crippen molar-refractivity contribution >= 4 is 5.91 Å². The van der Waals surface area contributed by atoms with Crippen molar-refractivity contribution in [3.05, 3.63) is 42.0 Å². The molecule has 3 rings (SSSR count). The van der Waals surface area contributed by atoms with E-state index in [0.29, 0.717) is 35.3 Å². The molecule has 1 N–H and O–H groups in total. The second-order valence-electron chi connectivity index (χ2n) is 6.72. The van der Waals surface area contributed by atoms with E-state index in [4.69, 9.17) is 8.94 Å². The molecule has 0 aliphatic heterocycles. The van der Waals surface area contributed by atoms with Gasteiger partial charge in [0.2, 0.25) is 11.8 Å². The number of hydrogen-bond donors (Lipinski definition) is 1. The molecule has 0 atom stereocenters. The summed E-state index contributed by atoms with van der Waals surface area (Å²) in [5.74, 6) is 1.33. The molecule has 0 spiro atoms. The third-order valence-corrected chi connectivity index (χ3v) is 3.86. The Hall–Kier alpha value is -3.00. The lowest BCUT2D eigenvalue weighted by molar-refractivity contribution is -0.122. The lowest BCUT2D eigenvalue weighted by Gasteiger charge is -2.15. The van der Waals surface area contributed by atoms with E-state index in [-0.39, 0.29) is 18.5 Å². The van der Waals surface area contributed by atoms with E-state index in [1.165, 1.54) is 0 Å². The number of likely N-dealkylation sites (N-methyl/N-ethyl adjacent to an activating group) is 1. The van der Waals surface area contributed by atoms with Gasteiger partial charge in [-0.25, -0.2) is 0 Å². The standard InChI is InChI=1S/C19H23N5O3/c1-12(2)20-15(25)10-24(4)11-16-21-22-19(26-16)17-13(3)27-23-18(17)14-8-6-5-7-9-14/h5-9,12H,10-11H2,1-4H3,(H,20,25). The second kappa shape index (κ2) is 8.13. The molecule has 2 aromatic heterocycles. The molecule has 27 heavy (non-hydrogen) atoms. The molecule has 0 fully saturated rings. The fourth-order valence-electron chi connectivity index (χ4n) is 2.74. The Morgan fingerprint density at radius 2 is 1.96 bits per heavy atom. The topological polar surface area (TPSA) is 97.3 Å². The molecule has 0 saturated carbocycles. The van der Waals surface area contributed by atoms with Crippen LogP contribution < -0.4 is 5.32 Å². The summed E-state index contributed by atoms with van der Waals surface area (Å²) < 4.78 is 11.2. The highest BCUT2D eigenvalue weighted by Gasteiger charge is 2.22. The van der Waals surface area contributed by atoms with Gasteiger partial charge in [0.15, 0.2) is 0 Å². The van der Waals surface area contributed by atoms with Crippen LogP contribution in [0.4, 0.5) is 0 Å². The van der Waals surface area contributed by atoms with Gasteiger partial charge < -0.3 is 14.3 Å². The maximum Gasteiger partial charge on any atom is 0.253 e. The largest absolute Gasteiger partial charge is 0.419 e. The minimum Gasteiger partial charge on any atom is -0.419 e. The average molecular weight is 369 g/mol. The van der Waals surface area contributed by atoms with Crippen LogP contribution in [0.1, 0.15) is 25.5 Å². The maximum atomic E-state index is 11.9. The van der Waals surface area contributed by atoms with Gasteiger partial charge in [-0.15, -0.1) is 10.2 Å². The first-order valence-corrected chi connectivity index (χ1v) is 8.76. The Bertz CT molecular complexity index is 901. The van der Waals surface area contributed by atoms with Crippen molar-refractivity contribution in [2.45, 2.75) is 33.4 Å². The highest BCUT2D eigenvalue weighted by atomic mass is 16.5. The number of aryl methyl sites for hydroxylation is 1. The van der Waals surface area contributed by atoms with Gasteiger partial charge in [-0.05, 0) is 27.8 Å². The molecule has 2 heterocycles. The van der Waals surface area contributed by atoms with Gasteiger partial charge >= 0.3 is 0 Å². The number of aromatic nitrogens is 3. The van der Waals surface area contributed by atoms with Crippen LogP contribution in [0.3, 0.4) is 0 Å². The van der Waals surface area contributed by atoms with Crippen molar-refractivity contribution in [2.24, 2.45) is 0 Å². The summed E-state index contributed by atoms with van der Waals surface area (Å²) in [6, 6.07) is 9.79. The molecule has 0 saturated heterocycles.